The van der Waals surface area contributed by atoms with E-state index in [1.54, 1.807) is 18.4 Å². The highest BCUT2D eigenvalue weighted by molar-refractivity contribution is 5.91. The van der Waals surface area contributed by atoms with Crippen molar-refractivity contribution in [3.8, 4) is 16.9 Å². The zero-order chi connectivity index (χ0) is 20.4. The van der Waals surface area contributed by atoms with Crippen LogP contribution in [-0.2, 0) is 4.79 Å². The van der Waals surface area contributed by atoms with E-state index in [0.29, 0.717) is 18.8 Å². The molecule has 0 radical (unpaired) electrons. The van der Waals surface area contributed by atoms with Crippen LogP contribution in [0.2, 0.25) is 0 Å². The molecule has 0 unspecified atom stereocenters. The summed E-state index contributed by atoms with van der Waals surface area (Å²) in [6.45, 7) is 1.34. The Bertz CT molecular complexity index is 1090. The average molecular weight is 397 g/mol. The minimum absolute atomic E-state index is 0.00828. The second-order valence-electron chi connectivity index (χ2n) is 7.79. The lowest BCUT2D eigenvalue weighted by atomic mass is 9.87. The Kier molecular flexibility index (Phi) is 4.75. The molecule has 0 bridgehead atoms. The van der Waals surface area contributed by atoms with Crippen molar-refractivity contribution in [3.63, 3.8) is 0 Å². The maximum Gasteiger partial charge on any atom is 0.246 e. The van der Waals surface area contributed by atoms with Gasteiger partial charge >= 0.3 is 0 Å². The molecule has 1 fully saturated rings. The number of ether oxygens (including phenoxy) is 1. The molecule has 0 N–H and O–H groups in total. The topological polar surface area (TPSA) is 42.7 Å². The fourth-order valence-corrected chi connectivity index (χ4v) is 4.10. The van der Waals surface area contributed by atoms with Crippen LogP contribution in [0.5, 0.6) is 5.75 Å². The Morgan fingerprint density at radius 2 is 1.80 bits per heavy atom. The van der Waals surface area contributed by atoms with Crippen LogP contribution in [0, 0.1) is 0 Å². The SMILES string of the molecule is O=C(/C=C/c1ccco1)N1CCC2(C=Cc3cc(-c4ccccc4)ccc3O2)CC1. The van der Waals surface area contributed by atoms with Crippen molar-refractivity contribution in [2.75, 3.05) is 13.1 Å². The number of carbonyl (C=O) groups excluding carboxylic acids is 1. The molecule has 1 saturated heterocycles. The number of furan rings is 1. The van der Waals surface area contributed by atoms with Gasteiger partial charge in [-0.1, -0.05) is 42.5 Å². The average Bonchev–Trinajstić information content (AvgIpc) is 3.32. The van der Waals surface area contributed by atoms with E-state index >= 15 is 0 Å². The van der Waals surface area contributed by atoms with Crippen molar-refractivity contribution in [1.82, 2.24) is 4.90 Å². The third-order valence-corrected chi connectivity index (χ3v) is 5.85. The van der Waals surface area contributed by atoms with Gasteiger partial charge < -0.3 is 14.1 Å². The Hall–Kier alpha value is -3.53. The molecular formula is C26H23NO3. The van der Waals surface area contributed by atoms with Crippen molar-refractivity contribution in [2.45, 2.75) is 18.4 Å². The second-order valence-corrected chi connectivity index (χ2v) is 7.79. The number of rotatable bonds is 3. The molecule has 1 amide bonds. The number of hydrogen-bond donors (Lipinski definition) is 0. The molecule has 1 aromatic heterocycles. The number of carbonyl (C=O) groups is 1. The van der Waals surface area contributed by atoms with E-state index in [4.69, 9.17) is 9.15 Å². The van der Waals surface area contributed by atoms with Gasteiger partial charge in [0.2, 0.25) is 5.91 Å². The third-order valence-electron chi connectivity index (χ3n) is 5.85. The molecule has 2 aliphatic heterocycles. The lowest BCUT2D eigenvalue weighted by Gasteiger charge is -2.41. The van der Waals surface area contributed by atoms with Crippen LogP contribution in [0.1, 0.15) is 24.2 Å². The standard InChI is InChI=1S/C26H23NO3/c28-25(11-9-23-7-4-18-29-23)27-16-14-26(15-17-27)13-12-22-19-21(8-10-24(22)30-26)20-5-2-1-3-6-20/h1-13,18-19H,14-17H2/b11-9+. The Morgan fingerprint density at radius 3 is 2.57 bits per heavy atom. The van der Waals surface area contributed by atoms with E-state index in [1.165, 1.54) is 11.1 Å². The smallest absolute Gasteiger partial charge is 0.246 e. The normalized spacial score (nSPS) is 17.1. The molecule has 30 heavy (non-hydrogen) atoms. The van der Waals surface area contributed by atoms with Crippen molar-refractivity contribution >= 4 is 18.1 Å². The summed E-state index contributed by atoms with van der Waals surface area (Å²) < 4.78 is 11.7. The van der Waals surface area contributed by atoms with E-state index in [2.05, 4.69) is 54.6 Å². The number of piperidine rings is 1. The minimum Gasteiger partial charge on any atom is -0.482 e. The van der Waals surface area contributed by atoms with Gasteiger partial charge in [0.05, 0.1) is 6.26 Å². The number of hydrogen-bond acceptors (Lipinski definition) is 3. The summed E-state index contributed by atoms with van der Waals surface area (Å²) in [5, 5.41) is 0. The van der Waals surface area contributed by atoms with Gasteiger partial charge in [0, 0.05) is 37.6 Å². The van der Waals surface area contributed by atoms with Crippen molar-refractivity contribution in [3.05, 3.63) is 90.4 Å². The van der Waals surface area contributed by atoms with E-state index in [1.807, 2.05) is 23.1 Å². The molecule has 3 aromatic rings. The molecule has 0 aliphatic carbocycles. The third kappa shape index (κ3) is 3.69. The monoisotopic (exact) mass is 397 g/mol. The van der Waals surface area contributed by atoms with Crippen molar-refractivity contribution in [1.29, 1.82) is 0 Å². The highest BCUT2D eigenvalue weighted by Crippen LogP contribution is 2.38. The molecule has 1 spiro atoms. The summed E-state index contributed by atoms with van der Waals surface area (Å²) in [7, 11) is 0. The first-order valence-electron chi connectivity index (χ1n) is 10.3. The number of fused-ring (bicyclic) bond motifs is 1. The molecule has 0 saturated carbocycles. The second kappa shape index (κ2) is 7.71. The first-order valence-corrected chi connectivity index (χ1v) is 10.3. The van der Waals surface area contributed by atoms with Gasteiger partial charge in [-0.15, -0.1) is 0 Å². The summed E-state index contributed by atoms with van der Waals surface area (Å²) in [5.74, 6) is 1.60. The van der Waals surface area contributed by atoms with E-state index < -0.39 is 0 Å². The lowest BCUT2D eigenvalue weighted by Crippen LogP contribution is -2.49. The fourth-order valence-electron chi connectivity index (χ4n) is 4.10. The molecule has 3 heterocycles. The van der Waals surface area contributed by atoms with Gasteiger partial charge in [-0.25, -0.2) is 0 Å². The maximum absolute atomic E-state index is 12.5. The molecule has 0 atom stereocenters. The number of amides is 1. The quantitative estimate of drug-likeness (QED) is 0.554. The molecule has 2 aliphatic rings. The van der Waals surface area contributed by atoms with E-state index in [0.717, 1.165) is 24.2 Å². The van der Waals surface area contributed by atoms with Crippen LogP contribution < -0.4 is 4.74 Å². The Morgan fingerprint density at radius 1 is 0.967 bits per heavy atom. The molecule has 4 heteroatoms. The number of nitrogens with zero attached hydrogens (tertiary/aromatic N) is 1. The van der Waals surface area contributed by atoms with Crippen LogP contribution in [0.15, 0.2) is 83.5 Å². The van der Waals surface area contributed by atoms with Gasteiger partial charge in [0.1, 0.15) is 17.1 Å². The predicted molar refractivity (Wildman–Crippen MR) is 118 cm³/mol. The van der Waals surface area contributed by atoms with Gasteiger partial charge in [0.15, 0.2) is 0 Å². The number of likely N-dealkylation sites (tertiary alicyclic amines) is 1. The van der Waals surface area contributed by atoms with Crippen molar-refractivity contribution in [2.24, 2.45) is 0 Å². The summed E-state index contributed by atoms with van der Waals surface area (Å²) in [6, 6.07) is 20.3. The van der Waals surface area contributed by atoms with E-state index in [9.17, 15) is 4.79 Å². The summed E-state index contributed by atoms with van der Waals surface area (Å²) in [4.78, 5) is 14.3. The summed E-state index contributed by atoms with van der Waals surface area (Å²) in [6.07, 6.45) is 10.8. The van der Waals surface area contributed by atoms with Gasteiger partial charge in [-0.05, 0) is 47.5 Å². The first-order chi connectivity index (χ1) is 14.7. The van der Waals surface area contributed by atoms with Crippen molar-refractivity contribution < 1.29 is 13.9 Å². The van der Waals surface area contributed by atoms with Gasteiger partial charge in [0.25, 0.3) is 0 Å². The van der Waals surface area contributed by atoms with E-state index in [-0.39, 0.29) is 11.5 Å². The maximum atomic E-state index is 12.5. The minimum atomic E-state index is -0.331. The van der Waals surface area contributed by atoms with Gasteiger partial charge in [-0.3, -0.25) is 4.79 Å². The highest BCUT2D eigenvalue weighted by Gasteiger charge is 2.37. The molecule has 2 aromatic carbocycles. The molecule has 150 valence electrons. The van der Waals surface area contributed by atoms with Crippen LogP contribution in [0.4, 0.5) is 0 Å². The largest absolute Gasteiger partial charge is 0.482 e. The molecular weight excluding hydrogens is 374 g/mol. The highest BCUT2D eigenvalue weighted by atomic mass is 16.5. The van der Waals surface area contributed by atoms with Crippen LogP contribution in [-0.4, -0.2) is 29.5 Å². The zero-order valence-electron chi connectivity index (χ0n) is 16.7. The van der Waals surface area contributed by atoms with Crippen LogP contribution >= 0.6 is 0 Å². The molecule has 4 nitrogen and oxygen atoms in total. The Labute approximate surface area is 176 Å². The fraction of sp³-hybridized carbons (Fsp3) is 0.192. The zero-order valence-corrected chi connectivity index (χ0v) is 16.7. The first kappa shape index (κ1) is 18.5. The van der Waals surface area contributed by atoms with Crippen LogP contribution in [0.25, 0.3) is 23.3 Å². The summed E-state index contributed by atoms with van der Waals surface area (Å²) in [5.41, 5.74) is 3.15. The van der Waals surface area contributed by atoms with Crippen LogP contribution in [0.3, 0.4) is 0 Å². The predicted octanol–water partition coefficient (Wildman–Crippen LogP) is 5.43. The van der Waals surface area contributed by atoms with Gasteiger partial charge in [-0.2, -0.15) is 0 Å². The molecule has 5 rings (SSSR count). The summed E-state index contributed by atoms with van der Waals surface area (Å²) >= 11 is 0. The number of benzene rings is 2. The Balaban J connectivity index is 1.26. The lowest BCUT2D eigenvalue weighted by molar-refractivity contribution is -0.128.